The van der Waals surface area contributed by atoms with Crippen molar-refractivity contribution in [3.63, 3.8) is 0 Å². The van der Waals surface area contributed by atoms with Crippen LogP contribution in [0.1, 0.15) is 32.3 Å². The number of hydrogen-bond donors (Lipinski definition) is 0. The summed E-state index contributed by atoms with van der Waals surface area (Å²) in [5.41, 5.74) is 1.67. The zero-order chi connectivity index (χ0) is 12.1. The van der Waals surface area contributed by atoms with Crippen molar-refractivity contribution in [2.45, 2.75) is 38.6 Å². The van der Waals surface area contributed by atoms with Crippen LogP contribution in [0.25, 0.3) is 0 Å². The first-order chi connectivity index (χ1) is 8.18. The molecule has 0 saturated carbocycles. The van der Waals surface area contributed by atoms with E-state index in [1.54, 1.807) is 0 Å². The molecule has 2 aromatic rings. The average Bonchev–Trinajstić information content (AvgIpc) is 2.83. The fourth-order valence-electron chi connectivity index (χ4n) is 2.16. The van der Waals surface area contributed by atoms with E-state index >= 15 is 0 Å². The van der Waals surface area contributed by atoms with Crippen LogP contribution in [0.15, 0.2) is 49.1 Å². The molecule has 90 valence electrons. The zero-order valence-corrected chi connectivity index (χ0v) is 10.6. The second-order valence-electron chi connectivity index (χ2n) is 5.15. The Kier molecular flexibility index (Phi) is 3.62. The molecule has 0 aliphatic heterocycles. The molecule has 1 aromatic heterocycles. The Morgan fingerprint density at radius 2 is 1.94 bits per heavy atom. The standard InChI is InChI=1S/C15H20N2/c1-15(2,14-7-4-3-5-8-14)9-6-11-17-12-10-16-13-17/h3-5,7-8,10,12-13H,6,9,11H2,1-2H3. The highest BCUT2D eigenvalue weighted by Gasteiger charge is 2.19. The number of nitrogens with zero attached hydrogens (tertiary/aromatic N) is 2. The molecule has 2 nitrogen and oxygen atoms in total. The first-order valence-electron chi connectivity index (χ1n) is 6.20. The van der Waals surface area contributed by atoms with E-state index in [0.717, 1.165) is 6.54 Å². The maximum atomic E-state index is 4.06. The SMILES string of the molecule is CC(C)(CCCn1ccnc1)c1ccccc1. The number of benzene rings is 1. The number of aromatic nitrogens is 2. The predicted molar refractivity (Wildman–Crippen MR) is 70.9 cm³/mol. The first kappa shape index (κ1) is 11.9. The van der Waals surface area contributed by atoms with Crippen molar-refractivity contribution in [2.75, 3.05) is 0 Å². The van der Waals surface area contributed by atoms with Crippen LogP contribution in [0.4, 0.5) is 0 Å². The lowest BCUT2D eigenvalue weighted by Gasteiger charge is -2.25. The van der Waals surface area contributed by atoms with Crippen LogP contribution in [-0.4, -0.2) is 9.55 Å². The minimum atomic E-state index is 0.252. The first-order valence-corrected chi connectivity index (χ1v) is 6.20. The Balaban J connectivity index is 1.90. The molecule has 0 unspecified atom stereocenters. The van der Waals surface area contributed by atoms with E-state index in [2.05, 4.69) is 53.7 Å². The lowest BCUT2D eigenvalue weighted by atomic mass is 9.80. The number of imidazole rings is 1. The number of aryl methyl sites for hydroxylation is 1. The lowest BCUT2D eigenvalue weighted by Crippen LogP contribution is -2.17. The Labute approximate surface area is 103 Å². The molecule has 1 aromatic carbocycles. The van der Waals surface area contributed by atoms with Gasteiger partial charge in [0.25, 0.3) is 0 Å². The smallest absolute Gasteiger partial charge is 0.0945 e. The Bertz CT molecular complexity index is 429. The summed E-state index contributed by atoms with van der Waals surface area (Å²) in [6.07, 6.45) is 8.11. The minimum Gasteiger partial charge on any atom is -0.337 e. The highest BCUT2D eigenvalue weighted by atomic mass is 15.0. The molecule has 2 heteroatoms. The van der Waals surface area contributed by atoms with Gasteiger partial charge in [0.2, 0.25) is 0 Å². The van der Waals surface area contributed by atoms with E-state index in [1.165, 1.54) is 18.4 Å². The molecular formula is C15H20N2. The normalized spacial score (nSPS) is 11.6. The van der Waals surface area contributed by atoms with Gasteiger partial charge in [0.05, 0.1) is 6.33 Å². The third-order valence-electron chi connectivity index (χ3n) is 3.33. The van der Waals surface area contributed by atoms with Gasteiger partial charge in [-0.05, 0) is 23.8 Å². The van der Waals surface area contributed by atoms with Crippen LogP contribution in [-0.2, 0) is 12.0 Å². The van der Waals surface area contributed by atoms with Gasteiger partial charge in [0.15, 0.2) is 0 Å². The monoisotopic (exact) mass is 228 g/mol. The van der Waals surface area contributed by atoms with Crippen molar-refractivity contribution in [3.05, 3.63) is 54.6 Å². The molecule has 0 amide bonds. The summed E-state index contributed by atoms with van der Waals surface area (Å²) in [7, 11) is 0. The molecule has 0 saturated heterocycles. The van der Waals surface area contributed by atoms with Gasteiger partial charge in [-0.15, -0.1) is 0 Å². The summed E-state index contributed by atoms with van der Waals surface area (Å²) in [4.78, 5) is 4.06. The Morgan fingerprint density at radius 1 is 1.18 bits per heavy atom. The molecule has 17 heavy (non-hydrogen) atoms. The lowest BCUT2D eigenvalue weighted by molar-refractivity contribution is 0.439. The molecule has 0 N–H and O–H groups in total. The third kappa shape index (κ3) is 3.19. The van der Waals surface area contributed by atoms with Crippen molar-refractivity contribution >= 4 is 0 Å². The largest absolute Gasteiger partial charge is 0.337 e. The fourth-order valence-corrected chi connectivity index (χ4v) is 2.16. The molecule has 0 spiro atoms. The second-order valence-corrected chi connectivity index (χ2v) is 5.15. The van der Waals surface area contributed by atoms with Crippen LogP contribution in [0.5, 0.6) is 0 Å². The van der Waals surface area contributed by atoms with Crippen molar-refractivity contribution < 1.29 is 0 Å². The van der Waals surface area contributed by atoms with E-state index in [9.17, 15) is 0 Å². The molecule has 0 aliphatic rings. The van der Waals surface area contributed by atoms with E-state index in [-0.39, 0.29) is 5.41 Å². The van der Waals surface area contributed by atoms with Gasteiger partial charge in [0.1, 0.15) is 0 Å². The Morgan fingerprint density at radius 3 is 2.59 bits per heavy atom. The van der Waals surface area contributed by atoms with Gasteiger partial charge < -0.3 is 4.57 Å². The van der Waals surface area contributed by atoms with Crippen molar-refractivity contribution in [2.24, 2.45) is 0 Å². The fraction of sp³-hybridized carbons (Fsp3) is 0.400. The molecule has 2 rings (SSSR count). The summed E-state index contributed by atoms with van der Waals surface area (Å²) in [5.74, 6) is 0. The second kappa shape index (κ2) is 5.17. The van der Waals surface area contributed by atoms with Gasteiger partial charge in [0, 0.05) is 18.9 Å². The van der Waals surface area contributed by atoms with Crippen LogP contribution >= 0.6 is 0 Å². The van der Waals surface area contributed by atoms with Crippen molar-refractivity contribution in [1.29, 1.82) is 0 Å². The van der Waals surface area contributed by atoms with Crippen LogP contribution in [0.2, 0.25) is 0 Å². The molecule has 0 bridgehead atoms. The molecule has 0 atom stereocenters. The van der Waals surface area contributed by atoms with E-state index in [0.29, 0.717) is 0 Å². The molecule has 0 aliphatic carbocycles. The maximum absolute atomic E-state index is 4.06. The summed E-state index contributed by atoms with van der Waals surface area (Å²) in [5, 5.41) is 0. The summed E-state index contributed by atoms with van der Waals surface area (Å²) in [6, 6.07) is 10.7. The predicted octanol–water partition coefficient (Wildman–Crippen LogP) is 3.64. The summed E-state index contributed by atoms with van der Waals surface area (Å²) < 4.78 is 2.14. The van der Waals surface area contributed by atoms with E-state index in [4.69, 9.17) is 0 Å². The summed E-state index contributed by atoms with van der Waals surface area (Å²) in [6.45, 7) is 5.68. The topological polar surface area (TPSA) is 17.8 Å². The van der Waals surface area contributed by atoms with Crippen LogP contribution < -0.4 is 0 Å². The quantitative estimate of drug-likeness (QED) is 0.764. The number of hydrogen-bond acceptors (Lipinski definition) is 1. The molecular weight excluding hydrogens is 208 g/mol. The molecule has 0 radical (unpaired) electrons. The van der Waals surface area contributed by atoms with Gasteiger partial charge in [-0.25, -0.2) is 4.98 Å². The van der Waals surface area contributed by atoms with E-state index in [1.807, 2.05) is 18.7 Å². The third-order valence-corrected chi connectivity index (χ3v) is 3.33. The highest BCUT2D eigenvalue weighted by molar-refractivity contribution is 5.23. The van der Waals surface area contributed by atoms with Gasteiger partial charge in [-0.2, -0.15) is 0 Å². The molecule has 0 fully saturated rings. The summed E-state index contributed by atoms with van der Waals surface area (Å²) >= 11 is 0. The zero-order valence-electron chi connectivity index (χ0n) is 10.6. The van der Waals surface area contributed by atoms with Gasteiger partial charge in [-0.3, -0.25) is 0 Å². The van der Waals surface area contributed by atoms with Crippen molar-refractivity contribution in [3.8, 4) is 0 Å². The molecule has 1 heterocycles. The highest BCUT2D eigenvalue weighted by Crippen LogP contribution is 2.28. The van der Waals surface area contributed by atoms with Crippen LogP contribution in [0, 0.1) is 0 Å². The Hall–Kier alpha value is -1.57. The van der Waals surface area contributed by atoms with Gasteiger partial charge >= 0.3 is 0 Å². The van der Waals surface area contributed by atoms with E-state index < -0.39 is 0 Å². The maximum Gasteiger partial charge on any atom is 0.0945 e. The average molecular weight is 228 g/mol. The number of rotatable bonds is 5. The minimum absolute atomic E-state index is 0.252. The van der Waals surface area contributed by atoms with Gasteiger partial charge in [-0.1, -0.05) is 44.2 Å². The van der Waals surface area contributed by atoms with Crippen molar-refractivity contribution in [1.82, 2.24) is 9.55 Å². The van der Waals surface area contributed by atoms with Crippen LogP contribution in [0.3, 0.4) is 0 Å².